The molecule has 222 valence electrons. The van der Waals surface area contributed by atoms with E-state index in [2.05, 4.69) is 40.9 Å². The summed E-state index contributed by atoms with van der Waals surface area (Å²) in [4.78, 5) is 28.1. The van der Waals surface area contributed by atoms with Gasteiger partial charge in [0, 0.05) is 25.5 Å². The van der Waals surface area contributed by atoms with E-state index in [4.69, 9.17) is 0 Å². The lowest BCUT2D eigenvalue weighted by Crippen LogP contribution is -2.24. The number of rotatable bonds is 13. The van der Waals surface area contributed by atoms with Crippen LogP contribution in [-0.2, 0) is 30.7 Å². The lowest BCUT2D eigenvalue weighted by atomic mass is 10.2. The first kappa shape index (κ1) is 30.4. The molecule has 0 aliphatic rings. The van der Waals surface area contributed by atoms with Gasteiger partial charge in [0.2, 0.25) is 17.0 Å². The molecule has 0 bridgehead atoms. The Morgan fingerprint density at radius 2 is 1.95 bits per heavy atom. The number of hydrogen-bond donors (Lipinski definition) is 2. The molecule has 0 aliphatic carbocycles. The second-order valence-corrected chi connectivity index (χ2v) is 10.0. The third-order valence-corrected chi connectivity index (χ3v) is 6.31. The zero-order valence-corrected chi connectivity index (χ0v) is 22.7. The molecule has 2 N–H and O–H groups in total. The van der Waals surface area contributed by atoms with E-state index in [0.717, 1.165) is 34.2 Å². The molecule has 1 unspecified atom stereocenters. The number of alkyl halides is 3. The number of benzene rings is 1. The van der Waals surface area contributed by atoms with Crippen molar-refractivity contribution in [1.29, 1.82) is 0 Å². The number of carbonyl (C=O) groups excluding carboxylic acids is 2. The summed E-state index contributed by atoms with van der Waals surface area (Å²) in [5.41, 5.74) is -0.000454. The highest BCUT2D eigenvalue weighted by Crippen LogP contribution is 2.23. The van der Waals surface area contributed by atoms with Crippen molar-refractivity contribution in [3.05, 3.63) is 76.3 Å². The van der Waals surface area contributed by atoms with Crippen molar-refractivity contribution >= 4 is 28.3 Å². The van der Waals surface area contributed by atoms with Gasteiger partial charge in [-0.05, 0) is 36.8 Å². The predicted molar refractivity (Wildman–Crippen MR) is 138 cm³/mol. The minimum absolute atomic E-state index is 0.0334. The minimum atomic E-state index is -3.46. The van der Waals surface area contributed by atoms with E-state index < -0.39 is 35.9 Å². The van der Waals surface area contributed by atoms with Gasteiger partial charge in [0.15, 0.2) is 5.69 Å². The molecule has 0 fully saturated rings. The number of nitrogens with one attached hydrogen (secondary N) is 2. The normalized spacial score (nSPS) is 12.1. The van der Waals surface area contributed by atoms with Crippen molar-refractivity contribution in [2.24, 2.45) is 0 Å². The molecule has 0 aliphatic heterocycles. The van der Waals surface area contributed by atoms with E-state index in [1.807, 2.05) is 0 Å². The second-order valence-electron chi connectivity index (χ2n) is 8.99. The number of halogens is 5. The summed E-state index contributed by atoms with van der Waals surface area (Å²) in [7, 11) is 0. The maximum Gasteiger partial charge on any atom is 0.394 e. The molecular formula is C25H23F5N8O3S. The Morgan fingerprint density at radius 3 is 2.71 bits per heavy atom. The molecule has 17 heteroatoms. The van der Waals surface area contributed by atoms with Crippen LogP contribution in [0.2, 0.25) is 0 Å². The summed E-state index contributed by atoms with van der Waals surface area (Å²) in [6, 6.07) is 7.13. The molecule has 0 radical (unpaired) electrons. The first-order valence-electron chi connectivity index (χ1n) is 12.3. The first-order chi connectivity index (χ1) is 19.9. The second kappa shape index (κ2) is 13.4. The maximum absolute atomic E-state index is 14.6. The van der Waals surface area contributed by atoms with Gasteiger partial charge >= 0.3 is 6.11 Å². The van der Waals surface area contributed by atoms with E-state index in [1.165, 1.54) is 24.4 Å². The van der Waals surface area contributed by atoms with Crippen LogP contribution >= 0.6 is 11.3 Å². The Hall–Kier alpha value is -4.54. The van der Waals surface area contributed by atoms with Crippen molar-refractivity contribution in [3.8, 4) is 5.75 Å². The van der Waals surface area contributed by atoms with Crippen molar-refractivity contribution < 1.29 is 36.3 Å². The molecule has 0 saturated carbocycles. The van der Waals surface area contributed by atoms with Gasteiger partial charge in [-0.1, -0.05) is 22.6 Å². The van der Waals surface area contributed by atoms with Gasteiger partial charge < -0.3 is 15.4 Å². The lowest BCUT2D eigenvalue weighted by Gasteiger charge is -2.14. The van der Waals surface area contributed by atoms with Gasteiger partial charge in [-0.2, -0.15) is 13.2 Å². The lowest BCUT2D eigenvalue weighted by molar-refractivity contribution is -0.159. The summed E-state index contributed by atoms with van der Waals surface area (Å²) in [5, 5.41) is 20.8. The number of amides is 2. The number of nitrogens with zero attached hydrogens (tertiary/aromatic N) is 6. The van der Waals surface area contributed by atoms with Crippen molar-refractivity contribution in [2.75, 3.05) is 5.32 Å². The van der Waals surface area contributed by atoms with Gasteiger partial charge in [-0.25, -0.2) is 18.4 Å². The highest BCUT2D eigenvalue weighted by molar-refractivity contribution is 7.15. The van der Waals surface area contributed by atoms with Crippen LogP contribution in [0.4, 0.5) is 27.1 Å². The average molecular weight is 611 g/mol. The van der Waals surface area contributed by atoms with Gasteiger partial charge in [-0.3, -0.25) is 9.59 Å². The van der Waals surface area contributed by atoms with Gasteiger partial charge in [0.1, 0.15) is 22.7 Å². The fourth-order valence-electron chi connectivity index (χ4n) is 3.57. The summed E-state index contributed by atoms with van der Waals surface area (Å²) >= 11 is 1.06. The van der Waals surface area contributed by atoms with Gasteiger partial charge in [-0.15, -0.1) is 15.3 Å². The average Bonchev–Trinajstić information content (AvgIpc) is 3.56. The Kier molecular flexibility index (Phi) is 9.72. The molecule has 1 aromatic carbocycles. The molecule has 0 saturated heterocycles. The number of aromatic nitrogens is 6. The Balaban J connectivity index is 1.21. The minimum Gasteiger partial charge on any atom is -0.433 e. The monoisotopic (exact) mass is 610 g/mol. The molecule has 2 amide bonds. The standard InChI is InChI=1S/C25H23F5N8O3S/c1-25(29,30)41-17-6-7-18(27)14(9-17)11-31-23(40)19-13-38(37-34-19)12-15(26)5-8-22-35-36-24(42-22)33-21(39)10-16-3-2-4-20(28)32-16/h2-4,6-7,9,13,15H,5,8,10-12H2,1H3,(H,31,40)(H,33,36,39). The molecule has 0 spiro atoms. The van der Waals surface area contributed by atoms with E-state index >= 15 is 0 Å². The van der Waals surface area contributed by atoms with Crippen molar-refractivity contribution in [3.63, 3.8) is 0 Å². The van der Waals surface area contributed by atoms with Crippen LogP contribution in [0.15, 0.2) is 42.6 Å². The van der Waals surface area contributed by atoms with Crippen molar-refractivity contribution in [1.82, 2.24) is 35.5 Å². The highest BCUT2D eigenvalue weighted by atomic mass is 32.1. The quantitative estimate of drug-likeness (QED) is 0.172. The number of hydrogen-bond acceptors (Lipinski definition) is 9. The van der Waals surface area contributed by atoms with Crippen molar-refractivity contribution in [2.45, 2.75) is 51.6 Å². The molecule has 1 atom stereocenters. The van der Waals surface area contributed by atoms with E-state index in [9.17, 15) is 31.5 Å². The largest absolute Gasteiger partial charge is 0.433 e. The molecule has 4 rings (SSSR count). The van der Waals surface area contributed by atoms with E-state index in [0.29, 0.717) is 11.9 Å². The SMILES string of the molecule is CC(F)(F)Oc1ccc(F)c(CNC(=O)c2cn(CC(F)CCc3nnc(NC(=O)Cc4cccc(F)n4)s3)nn2)c1. The zero-order valence-electron chi connectivity index (χ0n) is 21.9. The van der Waals surface area contributed by atoms with Gasteiger partial charge in [0.25, 0.3) is 5.91 Å². The first-order valence-corrected chi connectivity index (χ1v) is 13.2. The Morgan fingerprint density at radius 1 is 1.14 bits per heavy atom. The summed E-state index contributed by atoms with van der Waals surface area (Å²) in [6.07, 6.45) is -3.56. The summed E-state index contributed by atoms with van der Waals surface area (Å²) < 4.78 is 73.5. The van der Waals surface area contributed by atoms with Crippen LogP contribution in [0.5, 0.6) is 5.75 Å². The Labute approximate surface area is 239 Å². The van der Waals surface area contributed by atoms with Crippen LogP contribution in [0, 0.1) is 11.8 Å². The molecule has 42 heavy (non-hydrogen) atoms. The number of ether oxygens (including phenoxy) is 1. The number of carbonyl (C=O) groups is 2. The maximum atomic E-state index is 14.6. The number of aryl methyl sites for hydroxylation is 1. The highest BCUT2D eigenvalue weighted by Gasteiger charge is 2.24. The topological polar surface area (TPSA) is 137 Å². The van der Waals surface area contributed by atoms with Crippen LogP contribution in [-0.4, -0.2) is 54.3 Å². The molecule has 11 nitrogen and oxygen atoms in total. The third kappa shape index (κ3) is 9.25. The summed E-state index contributed by atoms with van der Waals surface area (Å²) in [6.45, 7) is -0.0285. The van der Waals surface area contributed by atoms with Gasteiger partial charge in [0.05, 0.1) is 24.9 Å². The fraction of sp³-hybridized carbons (Fsp3) is 0.320. The summed E-state index contributed by atoms with van der Waals surface area (Å²) in [5.74, 6) is -2.91. The Bertz CT molecular complexity index is 1540. The van der Waals surface area contributed by atoms with E-state index in [-0.39, 0.29) is 60.2 Å². The van der Waals surface area contributed by atoms with E-state index in [1.54, 1.807) is 0 Å². The predicted octanol–water partition coefficient (Wildman–Crippen LogP) is 3.88. The van der Waals surface area contributed by atoms with Crippen LogP contribution in [0.25, 0.3) is 0 Å². The molecule has 3 heterocycles. The van der Waals surface area contributed by atoms with Crippen LogP contribution in [0.1, 0.15) is 40.1 Å². The fourth-order valence-corrected chi connectivity index (χ4v) is 4.34. The molecule has 4 aromatic rings. The number of pyridine rings is 1. The zero-order chi connectivity index (χ0) is 30.3. The van der Waals surface area contributed by atoms with Crippen LogP contribution < -0.4 is 15.4 Å². The van der Waals surface area contributed by atoms with Crippen LogP contribution in [0.3, 0.4) is 0 Å². The third-order valence-electron chi connectivity index (χ3n) is 5.41. The number of anilines is 1. The molecular weight excluding hydrogens is 587 g/mol. The smallest absolute Gasteiger partial charge is 0.394 e. The molecule has 3 aromatic heterocycles.